The van der Waals surface area contributed by atoms with Crippen molar-refractivity contribution in [2.45, 2.75) is 6.42 Å². The highest BCUT2D eigenvalue weighted by Crippen LogP contribution is 2.26. The van der Waals surface area contributed by atoms with Crippen LogP contribution in [0.15, 0.2) is 48.6 Å². The van der Waals surface area contributed by atoms with E-state index < -0.39 is 11.6 Å². The molecule has 6 nitrogen and oxygen atoms in total. The molecule has 0 atom stereocenters. The highest BCUT2D eigenvalue weighted by molar-refractivity contribution is 6.10. The lowest BCUT2D eigenvalue weighted by atomic mass is 10.1. The van der Waals surface area contributed by atoms with E-state index in [2.05, 4.69) is 0 Å². The van der Waals surface area contributed by atoms with E-state index in [4.69, 9.17) is 4.74 Å². The second-order valence-corrected chi connectivity index (χ2v) is 5.49. The van der Waals surface area contributed by atoms with E-state index >= 15 is 0 Å². The topological polar surface area (TPSA) is 104 Å². The van der Waals surface area contributed by atoms with Crippen LogP contribution in [0.1, 0.15) is 17.5 Å². The molecule has 0 radical (unpaired) electrons. The summed E-state index contributed by atoms with van der Waals surface area (Å²) in [7, 11) is 1.44. The van der Waals surface area contributed by atoms with Crippen molar-refractivity contribution in [3.8, 4) is 23.0 Å². The van der Waals surface area contributed by atoms with Gasteiger partial charge in [-0.05, 0) is 47.5 Å². The highest BCUT2D eigenvalue weighted by atomic mass is 16.5. The van der Waals surface area contributed by atoms with Gasteiger partial charge in [-0.2, -0.15) is 0 Å². The minimum Gasteiger partial charge on any atom is -0.508 e. The Morgan fingerprint density at radius 3 is 2.00 bits per heavy atom. The molecule has 6 heteroatoms. The quantitative estimate of drug-likeness (QED) is 0.521. The summed E-state index contributed by atoms with van der Waals surface area (Å²) in [5, 5.41) is 28.4. The largest absolute Gasteiger partial charge is 0.508 e. The Labute approximate surface area is 150 Å². The summed E-state index contributed by atoms with van der Waals surface area (Å²) in [6.07, 6.45) is 5.04. The molecule has 2 aromatic rings. The predicted octanol–water partition coefficient (Wildman–Crippen LogP) is 3.07. The zero-order valence-corrected chi connectivity index (χ0v) is 14.0. The van der Waals surface area contributed by atoms with E-state index in [0.29, 0.717) is 16.9 Å². The normalized spacial score (nSPS) is 11.1. The van der Waals surface area contributed by atoms with Crippen LogP contribution in [0.2, 0.25) is 0 Å². The number of allylic oxidation sites excluding steroid dienone is 2. The third kappa shape index (κ3) is 5.52. The van der Waals surface area contributed by atoms with Crippen LogP contribution in [-0.4, -0.2) is 34.0 Å². The molecular formula is C20H18O6. The van der Waals surface area contributed by atoms with E-state index in [-0.39, 0.29) is 23.7 Å². The van der Waals surface area contributed by atoms with Gasteiger partial charge in [0.2, 0.25) is 0 Å². The van der Waals surface area contributed by atoms with Gasteiger partial charge in [-0.15, -0.1) is 0 Å². The standard InChI is InChI=1S/C20H18O6/c1-26-20-7-4-13(10-19(20)25)2-5-15(21)11-16(22)6-3-14-8-17(23)12-18(24)9-14/h2-10,12,23-25H,11H2,1H3. The summed E-state index contributed by atoms with van der Waals surface area (Å²) in [6, 6.07) is 8.60. The lowest BCUT2D eigenvalue weighted by molar-refractivity contribution is -0.121. The average molecular weight is 354 g/mol. The maximum atomic E-state index is 11.8. The number of carbonyl (C=O) groups excluding carboxylic acids is 2. The number of ether oxygens (including phenoxy) is 1. The number of phenolic OH excluding ortho intramolecular Hbond substituents is 3. The zero-order chi connectivity index (χ0) is 19.1. The molecule has 0 saturated carbocycles. The van der Waals surface area contributed by atoms with Crippen LogP contribution in [0.25, 0.3) is 12.2 Å². The average Bonchev–Trinajstić information content (AvgIpc) is 2.57. The predicted molar refractivity (Wildman–Crippen MR) is 97.1 cm³/mol. The van der Waals surface area contributed by atoms with Crippen molar-refractivity contribution < 1.29 is 29.6 Å². The van der Waals surface area contributed by atoms with Crippen LogP contribution < -0.4 is 4.74 Å². The molecule has 0 unspecified atom stereocenters. The summed E-state index contributed by atoms with van der Waals surface area (Å²) in [4.78, 5) is 23.7. The number of hydrogen-bond acceptors (Lipinski definition) is 6. The minimum absolute atomic E-state index is 0.0459. The highest BCUT2D eigenvalue weighted by Gasteiger charge is 2.05. The van der Waals surface area contributed by atoms with E-state index in [1.807, 2.05) is 0 Å². The number of ketones is 2. The fourth-order valence-corrected chi connectivity index (χ4v) is 2.19. The molecular weight excluding hydrogens is 336 g/mol. The first-order chi connectivity index (χ1) is 12.4. The molecule has 0 aliphatic rings. The molecule has 0 fully saturated rings. The Kier molecular flexibility index (Phi) is 6.16. The maximum absolute atomic E-state index is 11.8. The van der Waals surface area contributed by atoms with Crippen molar-refractivity contribution in [3.63, 3.8) is 0 Å². The van der Waals surface area contributed by atoms with Crippen molar-refractivity contribution in [3.05, 3.63) is 59.7 Å². The number of methoxy groups -OCH3 is 1. The maximum Gasteiger partial charge on any atom is 0.163 e. The molecule has 2 aromatic carbocycles. The van der Waals surface area contributed by atoms with Crippen LogP contribution in [0, 0.1) is 0 Å². The van der Waals surface area contributed by atoms with Gasteiger partial charge in [-0.25, -0.2) is 0 Å². The first-order valence-electron chi connectivity index (χ1n) is 7.69. The molecule has 0 aromatic heterocycles. The van der Waals surface area contributed by atoms with E-state index in [1.165, 1.54) is 55.7 Å². The molecule has 0 aliphatic carbocycles. The number of phenols is 3. The summed E-state index contributed by atoms with van der Waals surface area (Å²) >= 11 is 0. The van der Waals surface area contributed by atoms with Crippen molar-refractivity contribution in [2.24, 2.45) is 0 Å². The number of hydrogen-bond donors (Lipinski definition) is 3. The summed E-state index contributed by atoms with van der Waals surface area (Å²) < 4.78 is 4.93. The van der Waals surface area contributed by atoms with Crippen LogP contribution in [0.5, 0.6) is 23.0 Å². The molecule has 26 heavy (non-hydrogen) atoms. The fourth-order valence-electron chi connectivity index (χ4n) is 2.19. The number of rotatable bonds is 7. The van der Waals surface area contributed by atoms with E-state index in [0.717, 1.165) is 0 Å². The number of aromatic hydroxyl groups is 3. The van der Waals surface area contributed by atoms with Crippen molar-refractivity contribution >= 4 is 23.7 Å². The fraction of sp³-hybridized carbons (Fsp3) is 0.100. The second-order valence-electron chi connectivity index (χ2n) is 5.49. The molecule has 0 saturated heterocycles. The monoisotopic (exact) mass is 354 g/mol. The molecule has 0 heterocycles. The van der Waals surface area contributed by atoms with Gasteiger partial charge in [-0.3, -0.25) is 9.59 Å². The first-order valence-corrected chi connectivity index (χ1v) is 7.69. The van der Waals surface area contributed by atoms with Crippen molar-refractivity contribution in [2.75, 3.05) is 7.11 Å². The summed E-state index contributed by atoms with van der Waals surface area (Å²) in [5.41, 5.74) is 1.03. The van der Waals surface area contributed by atoms with E-state index in [9.17, 15) is 24.9 Å². The van der Waals surface area contributed by atoms with Crippen molar-refractivity contribution in [1.29, 1.82) is 0 Å². The SMILES string of the molecule is COc1ccc(C=CC(=O)CC(=O)C=Cc2cc(O)cc(O)c2)cc1O. The Balaban J connectivity index is 1.95. The third-order valence-corrected chi connectivity index (χ3v) is 3.40. The lowest BCUT2D eigenvalue weighted by Gasteiger charge is -2.03. The van der Waals surface area contributed by atoms with Gasteiger partial charge in [0, 0.05) is 6.07 Å². The van der Waals surface area contributed by atoms with Crippen LogP contribution in [-0.2, 0) is 9.59 Å². The van der Waals surface area contributed by atoms with E-state index in [1.54, 1.807) is 12.1 Å². The van der Waals surface area contributed by atoms with Gasteiger partial charge in [-0.1, -0.05) is 18.2 Å². The lowest BCUT2D eigenvalue weighted by Crippen LogP contribution is -2.01. The van der Waals surface area contributed by atoms with Gasteiger partial charge in [0.05, 0.1) is 13.5 Å². The van der Waals surface area contributed by atoms with Gasteiger partial charge in [0.1, 0.15) is 11.5 Å². The van der Waals surface area contributed by atoms with Crippen LogP contribution >= 0.6 is 0 Å². The smallest absolute Gasteiger partial charge is 0.163 e. The van der Waals surface area contributed by atoms with Gasteiger partial charge < -0.3 is 20.1 Å². The Hall–Kier alpha value is -3.54. The van der Waals surface area contributed by atoms with Gasteiger partial charge in [0.15, 0.2) is 23.1 Å². The van der Waals surface area contributed by atoms with Crippen LogP contribution in [0.3, 0.4) is 0 Å². The van der Waals surface area contributed by atoms with Crippen LogP contribution in [0.4, 0.5) is 0 Å². The summed E-state index contributed by atoms with van der Waals surface area (Å²) in [5.74, 6) is -0.784. The molecule has 0 spiro atoms. The Bertz CT molecular complexity index is 860. The Morgan fingerprint density at radius 1 is 0.885 bits per heavy atom. The molecule has 2 rings (SSSR count). The minimum atomic E-state index is -0.417. The summed E-state index contributed by atoms with van der Waals surface area (Å²) in [6.45, 7) is 0. The third-order valence-electron chi connectivity index (χ3n) is 3.40. The molecule has 0 aliphatic heterocycles. The Morgan fingerprint density at radius 2 is 1.46 bits per heavy atom. The molecule has 3 N–H and O–H groups in total. The first kappa shape index (κ1) is 18.8. The van der Waals surface area contributed by atoms with Gasteiger partial charge in [0.25, 0.3) is 0 Å². The second kappa shape index (κ2) is 8.53. The number of carbonyl (C=O) groups is 2. The zero-order valence-electron chi connectivity index (χ0n) is 14.0. The number of benzene rings is 2. The van der Waals surface area contributed by atoms with Gasteiger partial charge >= 0.3 is 0 Å². The molecule has 0 amide bonds. The van der Waals surface area contributed by atoms with Crippen molar-refractivity contribution in [1.82, 2.24) is 0 Å². The molecule has 0 bridgehead atoms. The molecule has 134 valence electrons.